The summed E-state index contributed by atoms with van der Waals surface area (Å²) in [5, 5.41) is 0.653. The van der Waals surface area contributed by atoms with Crippen LogP contribution in [0.1, 0.15) is 5.56 Å². The van der Waals surface area contributed by atoms with Crippen LogP contribution in [0.2, 0.25) is 0 Å². The minimum absolute atomic E-state index is 0.0452. The molecule has 1 aromatic heterocycles. The molecule has 0 bridgehead atoms. The first kappa shape index (κ1) is 22.5. The molecule has 8 heteroatoms. The van der Waals surface area contributed by atoms with Gasteiger partial charge in [0.15, 0.2) is 23.1 Å². The molecule has 0 unspecified atom stereocenters. The van der Waals surface area contributed by atoms with Crippen LogP contribution in [0, 0.1) is 5.82 Å². The number of aromatic nitrogens is 1. The van der Waals surface area contributed by atoms with Crippen molar-refractivity contribution in [3.63, 3.8) is 0 Å². The van der Waals surface area contributed by atoms with E-state index < -0.39 is 5.82 Å². The molecule has 1 aliphatic rings. The van der Waals surface area contributed by atoms with Crippen LogP contribution in [0.25, 0.3) is 10.9 Å². The lowest BCUT2D eigenvalue weighted by Gasteiger charge is -2.19. The van der Waals surface area contributed by atoms with Crippen molar-refractivity contribution in [3.8, 4) is 23.0 Å². The van der Waals surface area contributed by atoms with Crippen LogP contribution in [-0.4, -0.2) is 43.2 Å². The van der Waals surface area contributed by atoms with Gasteiger partial charge in [0.05, 0.1) is 14.2 Å². The number of anilines is 1. The molecule has 178 valence electrons. The van der Waals surface area contributed by atoms with Crippen molar-refractivity contribution in [3.05, 3.63) is 84.3 Å². The van der Waals surface area contributed by atoms with E-state index in [-0.39, 0.29) is 11.8 Å². The lowest BCUT2D eigenvalue weighted by molar-refractivity contribution is 0.219. The van der Waals surface area contributed by atoms with Crippen molar-refractivity contribution in [1.29, 1.82) is 0 Å². The summed E-state index contributed by atoms with van der Waals surface area (Å²) in [5.74, 6) is 0.913. The molecule has 5 rings (SSSR count). The number of rotatable bonds is 7. The minimum atomic E-state index is -0.567. The lowest BCUT2D eigenvalue weighted by Crippen LogP contribution is -2.31. The van der Waals surface area contributed by atoms with E-state index >= 15 is 4.39 Å². The summed E-state index contributed by atoms with van der Waals surface area (Å²) in [6.45, 7) is 1.58. The van der Waals surface area contributed by atoms with E-state index in [1.165, 1.54) is 19.2 Å². The summed E-state index contributed by atoms with van der Waals surface area (Å²) in [5.41, 5.74) is 2.08. The van der Waals surface area contributed by atoms with E-state index in [0.717, 1.165) is 5.56 Å². The number of carbonyl (C=O) groups is 1. The van der Waals surface area contributed by atoms with E-state index in [0.29, 0.717) is 53.5 Å². The largest absolute Gasteiger partial charge is 0.493 e. The maximum Gasteiger partial charge on any atom is 0.324 e. The smallest absolute Gasteiger partial charge is 0.324 e. The minimum Gasteiger partial charge on any atom is -0.493 e. The molecule has 0 atom stereocenters. The Morgan fingerprint density at radius 1 is 0.914 bits per heavy atom. The summed E-state index contributed by atoms with van der Waals surface area (Å²) < 4.78 is 31.8. The fourth-order valence-electron chi connectivity index (χ4n) is 4.23. The number of hydrogen-bond acceptors (Lipinski definition) is 5. The third kappa shape index (κ3) is 4.30. The number of hydrogen-bond donors (Lipinski definition) is 0. The molecule has 1 aliphatic heterocycles. The number of methoxy groups -OCH3 is 2. The van der Waals surface area contributed by atoms with Crippen LogP contribution in [0.5, 0.6) is 23.0 Å². The Hall–Kier alpha value is -4.33. The topological polar surface area (TPSA) is 64.1 Å². The van der Waals surface area contributed by atoms with Crippen LogP contribution < -0.4 is 19.1 Å². The first-order chi connectivity index (χ1) is 17.1. The molecule has 2 amide bonds. The molecule has 0 N–H and O–H groups in total. The first-order valence-electron chi connectivity index (χ1n) is 11.2. The molecule has 0 aliphatic carbocycles. The van der Waals surface area contributed by atoms with Crippen molar-refractivity contribution in [2.45, 2.75) is 6.54 Å². The van der Waals surface area contributed by atoms with Crippen molar-refractivity contribution in [2.24, 2.45) is 0 Å². The van der Waals surface area contributed by atoms with Gasteiger partial charge in [-0.05, 0) is 35.9 Å². The number of benzene rings is 3. The average Bonchev–Trinajstić information content (AvgIpc) is 3.24. The molecular weight excluding hydrogens is 449 g/mol. The Balaban J connectivity index is 1.37. The van der Waals surface area contributed by atoms with Gasteiger partial charge in [-0.25, -0.2) is 9.18 Å². The van der Waals surface area contributed by atoms with Gasteiger partial charge in [-0.2, -0.15) is 0 Å². The normalized spacial score (nSPS) is 13.4. The Labute approximate surface area is 202 Å². The number of pyridine rings is 1. The molecule has 0 spiro atoms. The SMILES string of the molecule is COc1ccc2c(Oc3ccc(N4CCN(Cc5ccccc5)C4=O)cc3F)ccnc2c1OC. The fraction of sp³-hybridized carbons (Fsp3) is 0.185. The highest BCUT2D eigenvalue weighted by molar-refractivity contribution is 5.94. The second-order valence-corrected chi connectivity index (χ2v) is 8.06. The highest BCUT2D eigenvalue weighted by Gasteiger charge is 2.30. The standard InChI is InChI=1S/C27H24FN3O4/c1-33-24-11-9-20-22(12-13-29-25(20)26(24)34-2)35-23-10-8-19(16-21(23)28)31-15-14-30(27(31)32)17-18-6-4-3-5-7-18/h3-13,16H,14-15,17H2,1-2H3. The van der Waals surface area contributed by atoms with Crippen LogP contribution in [0.15, 0.2) is 72.9 Å². The molecule has 2 heterocycles. The predicted molar refractivity (Wildman–Crippen MR) is 131 cm³/mol. The van der Waals surface area contributed by atoms with Gasteiger partial charge in [-0.3, -0.25) is 9.88 Å². The summed E-state index contributed by atoms with van der Waals surface area (Å²) in [7, 11) is 3.08. The number of amides is 2. The predicted octanol–water partition coefficient (Wildman–Crippen LogP) is 5.63. The van der Waals surface area contributed by atoms with Crippen LogP contribution in [-0.2, 0) is 6.54 Å². The number of halogens is 1. The van der Waals surface area contributed by atoms with Crippen LogP contribution in [0.4, 0.5) is 14.9 Å². The highest BCUT2D eigenvalue weighted by atomic mass is 19.1. The molecule has 7 nitrogen and oxygen atoms in total. The van der Waals surface area contributed by atoms with Crippen molar-refractivity contribution in [2.75, 3.05) is 32.2 Å². The summed E-state index contributed by atoms with van der Waals surface area (Å²) in [6, 6.07) is 19.4. The molecular formula is C27H24FN3O4. The van der Waals surface area contributed by atoms with Crippen LogP contribution >= 0.6 is 0 Å². The fourth-order valence-corrected chi connectivity index (χ4v) is 4.23. The average molecular weight is 474 g/mol. The van der Waals surface area contributed by atoms with Crippen molar-refractivity contribution >= 4 is 22.6 Å². The zero-order valence-corrected chi connectivity index (χ0v) is 19.4. The number of urea groups is 1. The number of fused-ring (bicyclic) bond motifs is 1. The summed E-state index contributed by atoms with van der Waals surface area (Å²) in [6.07, 6.45) is 1.57. The van der Waals surface area contributed by atoms with Gasteiger partial charge in [0, 0.05) is 43.0 Å². The number of nitrogens with zero attached hydrogens (tertiary/aromatic N) is 3. The Morgan fingerprint density at radius 3 is 2.46 bits per heavy atom. The molecule has 0 radical (unpaired) electrons. The molecule has 1 saturated heterocycles. The molecule has 3 aromatic carbocycles. The quantitative estimate of drug-likeness (QED) is 0.348. The zero-order valence-electron chi connectivity index (χ0n) is 19.4. The van der Waals surface area contributed by atoms with E-state index in [1.807, 2.05) is 30.3 Å². The highest BCUT2D eigenvalue weighted by Crippen LogP contribution is 2.39. The molecule has 0 saturated carbocycles. The van der Waals surface area contributed by atoms with E-state index in [4.69, 9.17) is 14.2 Å². The van der Waals surface area contributed by atoms with Gasteiger partial charge in [0.1, 0.15) is 11.3 Å². The second kappa shape index (κ2) is 9.50. The van der Waals surface area contributed by atoms with E-state index in [1.54, 1.807) is 47.4 Å². The number of ether oxygens (including phenoxy) is 3. The first-order valence-corrected chi connectivity index (χ1v) is 11.2. The lowest BCUT2D eigenvalue weighted by atomic mass is 10.1. The van der Waals surface area contributed by atoms with E-state index in [9.17, 15) is 4.79 Å². The second-order valence-electron chi connectivity index (χ2n) is 8.06. The van der Waals surface area contributed by atoms with Crippen molar-refractivity contribution in [1.82, 2.24) is 9.88 Å². The van der Waals surface area contributed by atoms with E-state index in [2.05, 4.69) is 4.98 Å². The molecule has 4 aromatic rings. The third-order valence-corrected chi connectivity index (χ3v) is 5.97. The van der Waals surface area contributed by atoms with Gasteiger partial charge < -0.3 is 19.1 Å². The number of carbonyl (C=O) groups excluding carboxylic acids is 1. The van der Waals surface area contributed by atoms with Gasteiger partial charge in [-0.1, -0.05) is 30.3 Å². The Morgan fingerprint density at radius 2 is 1.71 bits per heavy atom. The maximum absolute atomic E-state index is 15.1. The Kier molecular flexibility index (Phi) is 6.10. The summed E-state index contributed by atoms with van der Waals surface area (Å²) >= 11 is 0. The van der Waals surface area contributed by atoms with Crippen molar-refractivity contribution < 1.29 is 23.4 Å². The molecule has 1 fully saturated rings. The van der Waals surface area contributed by atoms with Gasteiger partial charge in [-0.15, -0.1) is 0 Å². The third-order valence-electron chi connectivity index (χ3n) is 5.97. The molecule has 35 heavy (non-hydrogen) atoms. The van der Waals surface area contributed by atoms with Crippen LogP contribution in [0.3, 0.4) is 0 Å². The zero-order chi connectivity index (χ0) is 24.4. The maximum atomic E-state index is 15.1. The monoisotopic (exact) mass is 473 g/mol. The summed E-state index contributed by atoms with van der Waals surface area (Å²) in [4.78, 5) is 20.6. The Bertz CT molecular complexity index is 1380. The van der Waals surface area contributed by atoms with Gasteiger partial charge in [0.2, 0.25) is 0 Å². The van der Waals surface area contributed by atoms with Gasteiger partial charge in [0.25, 0.3) is 0 Å². The van der Waals surface area contributed by atoms with Gasteiger partial charge >= 0.3 is 6.03 Å².